The van der Waals surface area contributed by atoms with E-state index in [1.807, 2.05) is 11.8 Å². The van der Waals surface area contributed by atoms with Crippen LogP contribution in [0.25, 0.3) is 0 Å². The van der Waals surface area contributed by atoms with E-state index in [-0.39, 0.29) is 5.91 Å². The average Bonchev–Trinajstić information content (AvgIpc) is 2.37. The van der Waals surface area contributed by atoms with Crippen molar-refractivity contribution in [3.05, 3.63) is 23.8 Å². The van der Waals surface area contributed by atoms with Gasteiger partial charge in [-0.1, -0.05) is 6.42 Å². The topological polar surface area (TPSA) is 55.6 Å². The summed E-state index contributed by atoms with van der Waals surface area (Å²) in [5, 5.41) is 0. The third-order valence-electron chi connectivity index (χ3n) is 3.83. The molecule has 4 nitrogen and oxygen atoms in total. The molecular weight excluding hydrogens is 240 g/mol. The summed E-state index contributed by atoms with van der Waals surface area (Å²) in [5.41, 5.74) is 6.92. The molecule has 0 unspecified atom stereocenters. The minimum absolute atomic E-state index is 0.0125. The van der Waals surface area contributed by atoms with Crippen LogP contribution in [0.15, 0.2) is 18.2 Å². The molecule has 1 aromatic carbocycles. The van der Waals surface area contributed by atoms with E-state index >= 15 is 0 Å². The van der Waals surface area contributed by atoms with Gasteiger partial charge in [0.15, 0.2) is 0 Å². The number of carbonyl (C=O) groups excluding carboxylic acids is 1. The third kappa shape index (κ3) is 3.00. The van der Waals surface area contributed by atoms with Crippen molar-refractivity contribution >= 4 is 11.6 Å². The minimum atomic E-state index is 0.0125. The molecule has 0 heterocycles. The van der Waals surface area contributed by atoms with Crippen LogP contribution in [0.4, 0.5) is 5.69 Å². The normalized spacial score (nSPS) is 14.8. The third-order valence-corrected chi connectivity index (χ3v) is 3.83. The molecule has 19 heavy (non-hydrogen) atoms. The van der Waals surface area contributed by atoms with Gasteiger partial charge in [-0.15, -0.1) is 0 Å². The molecular formula is C15H22N2O2. The van der Waals surface area contributed by atoms with Crippen molar-refractivity contribution in [1.29, 1.82) is 0 Å². The van der Waals surface area contributed by atoms with E-state index in [9.17, 15) is 4.79 Å². The number of amides is 1. The summed E-state index contributed by atoms with van der Waals surface area (Å²) in [5.74, 6) is 1.26. The van der Waals surface area contributed by atoms with Gasteiger partial charge >= 0.3 is 0 Å². The first-order valence-corrected chi connectivity index (χ1v) is 6.88. The van der Waals surface area contributed by atoms with Crippen LogP contribution in [-0.4, -0.2) is 31.0 Å². The predicted octanol–water partition coefficient (Wildman–Crippen LogP) is 2.54. The fourth-order valence-electron chi connectivity index (χ4n) is 2.41. The van der Waals surface area contributed by atoms with Crippen molar-refractivity contribution in [2.24, 2.45) is 5.92 Å². The zero-order valence-corrected chi connectivity index (χ0v) is 11.7. The van der Waals surface area contributed by atoms with Gasteiger partial charge in [0, 0.05) is 18.8 Å². The lowest BCUT2D eigenvalue weighted by Crippen LogP contribution is -2.37. The molecule has 104 valence electrons. The Morgan fingerprint density at radius 2 is 2.21 bits per heavy atom. The van der Waals surface area contributed by atoms with Crippen molar-refractivity contribution < 1.29 is 9.53 Å². The molecule has 0 spiro atoms. The van der Waals surface area contributed by atoms with Crippen LogP contribution in [0.2, 0.25) is 0 Å². The second kappa shape index (κ2) is 5.95. The van der Waals surface area contributed by atoms with E-state index < -0.39 is 0 Å². The van der Waals surface area contributed by atoms with E-state index in [2.05, 4.69) is 0 Å². The Kier molecular flexibility index (Phi) is 4.30. The lowest BCUT2D eigenvalue weighted by molar-refractivity contribution is 0.0703. The number of rotatable bonds is 5. The Balaban J connectivity index is 2.17. The van der Waals surface area contributed by atoms with E-state index in [0.717, 1.165) is 6.54 Å². The molecule has 1 amide bonds. The zero-order valence-electron chi connectivity index (χ0n) is 11.7. The largest absolute Gasteiger partial charge is 0.496 e. The summed E-state index contributed by atoms with van der Waals surface area (Å²) < 4.78 is 5.26. The Labute approximate surface area is 114 Å². The van der Waals surface area contributed by atoms with Crippen molar-refractivity contribution in [2.75, 3.05) is 25.9 Å². The summed E-state index contributed by atoms with van der Waals surface area (Å²) in [6, 6.07) is 5.20. The van der Waals surface area contributed by atoms with Gasteiger partial charge in [0.1, 0.15) is 5.75 Å². The van der Waals surface area contributed by atoms with E-state index in [1.54, 1.807) is 25.3 Å². The molecule has 0 aliphatic heterocycles. The number of ether oxygens (including phenoxy) is 1. The highest BCUT2D eigenvalue weighted by Gasteiger charge is 2.25. The molecule has 4 heteroatoms. The first-order valence-electron chi connectivity index (χ1n) is 6.88. The molecule has 1 aliphatic rings. The summed E-state index contributed by atoms with van der Waals surface area (Å²) in [6.45, 7) is 3.57. The Hall–Kier alpha value is -1.71. The molecule has 1 saturated carbocycles. The molecule has 0 atom stereocenters. The highest BCUT2D eigenvalue weighted by atomic mass is 16.5. The van der Waals surface area contributed by atoms with Crippen LogP contribution < -0.4 is 10.5 Å². The minimum Gasteiger partial charge on any atom is -0.496 e. The van der Waals surface area contributed by atoms with Crippen LogP contribution in [0.3, 0.4) is 0 Å². The number of carbonyl (C=O) groups is 1. The Morgan fingerprint density at radius 3 is 2.74 bits per heavy atom. The van der Waals surface area contributed by atoms with Crippen LogP contribution in [0, 0.1) is 5.92 Å². The van der Waals surface area contributed by atoms with Crippen molar-refractivity contribution in [3.63, 3.8) is 0 Å². The van der Waals surface area contributed by atoms with Gasteiger partial charge in [0.25, 0.3) is 5.91 Å². The van der Waals surface area contributed by atoms with Crippen molar-refractivity contribution in [3.8, 4) is 5.75 Å². The molecule has 1 aliphatic carbocycles. The van der Waals surface area contributed by atoms with Gasteiger partial charge in [-0.3, -0.25) is 4.79 Å². The van der Waals surface area contributed by atoms with Gasteiger partial charge in [0.05, 0.1) is 12.7 Å². The molecule has 1 fully saturated rings. The molecule has 2 rings (SSSR count). The molecule has 2 N–H and O–H groups in total. The SMILES string of the molecule is CCN(CC1CCC1)C(=O)c1cc(N)ccc1OC. The Morgan fingerprint density at radius 1 is 1.47 bits per heavy atom. The van der Waals surface area contributed by atoms with Gasteiger partial charge in [0.2, 0.25) is 0 Å². The van der Waals surface area contributed by atoms with Gasteiger partial charge in [-0.2, -0.15) is 0 Å². The van der Waals surface area contributed by atoms with Crippen LogP contribution in [-0.2, 0) is 0 Å². The maximum atomic E-state index is 12.6. The molecule has 0 radical (unpaired) electrons. The quantitative estimate of drug-likeness (QED) is 0.830. The molecule has 1 aromatic rings. The summed E-state index contributed by atoms with van der Waals surface area (Å²) in [7, 11) is 1.57. The lowest BCUT2D eigenvalue weighted by Gasteiger charge is -2.32. The van der Waals surface area contributed by atoms with E-state index in [1.165, 1.54) is 19.3 Å². The van der Waals surface area contributed by atoms with Crippen molar-refractivity contribution in [1.82, 2.24) is 4.90 Å². The monoisotopic (exact) mass is 262 g/mol. The number of methoxy groups -OCH3 is 1. The fraction of sp³-hybridized carbons (Fsp3) is 0.533. The van der Waals surface area contributed by atoms with Crippen LogP contribution in [0.1, 0.15) is 36.5 Å². The van der Waals surface area contributed by atoms with Gasteiger partial charge in [-0.05, 0) is 43.9 Å². The number of nitrogens with two attached hydrogens (primary N) is 1. The van der Waals surface area contributed by atoms with Crippen LogP contribution in [0.5, 0.6) is 5.75 Å². The number of hydrogen-bond acceptors (Lipinski definition) is 3. The maximum absolute atomic E-state index is 12.6. The highest BCUT2D eigenvalue weighted by Crippen LogP contribution is 2.29. The second-order valence-corrected chi connectivity index (χ2v) is 5.10. The lowest BCUT2D eigenvalue weighted by atomic mass is 9.85. The summed E-state index contributed by atoms with van der Waals surface area (Å²) in [4.78, 5) is 14.5. The zero-order chi connectivity index (χ0) is 13.8. The standard InChI is InChI=1S/C15H22N2O2/c1-3-17(10-11-5-4-6-11)15(18)13-9-12(16)7-8-14(13)19-2/h7-9,11H,3-6,10,16H2,1-2H3. The second-order valence-electron chi connectivity index (χ2n) is 5.10. The molecule has 0 saturated heterocycles. The van der Waals surface area contributed by atoms with Gasteiger partial charge < -0.3 is 15.4 Å². The molecule has 0 bridgehead atoms. The van der Waals surface area contributed by atoms with Crippen molar-refractivity contribution in [2.45, 2.75) is 26.2 Å². The Bertz CT molecular complexity index is 455. The number of nitrogens with zero attached hydrogens (tertiary/aromatic N) is 1. The molecule has 0 aromatic heterocycles. The average molecular weight is 262 g/mol. The fourth-order valence-corrected chi connectivity index (χ4v) is 2.41. The van der Waals surface area contributed by atoms with E-state index in [0.29, 0.717) is 29.5 Å². The van der Waals surface area contributed by atoms with Gasteiger partial charge in [-0.25, -0.2) is 0 Å². The number of anilines is 1. The smallest absolute Gasteiger partial charge is 0.257 e. The summed E-state index contributed by atoms with van der Waals surface area (Å²) in [6.07, 6.45) is 3.76. The number of benzene rings is 1. The van der Waals surface area contributed by atoms with Crippen LogP contribution >= 0.6 is 0 Å². The summed E-state index contributed by atoms with van der Waals surface area (Å²) >= 11 is 0. The number of hydrogen-bond donors (Lipinski definition) is 1. The highest BCUT2D eigenvalue weighted by molar-refractivity contribution is 5.97. The predicted molar refractivity (Wildman–Crippen MR) is 76.3 cm³/mol. The first kappa shape index (κ1) is 13.7. The first-order chi connectivity index (χ1) is 9.15. The van der Waals surface area contributed by atoms with E-state index in [4.69, 9.17) is 10.5 Å². The number of nitrogen functional groups attached to an aromatic ring is 1. The maximum Gasteiger partial charge on any atom is 0.257 e.